The van der Waals surface area contributed by atoms with Crippen molar-refractivity contribution in [3.63, 3.8) is 0 Å². The van der Waals surface area contributed by atoms with E-state index < -0.39 is 0 Å². The molecule has 1 aromatic rings. The van der Waals surface area contributed by atoms with Gasteiger partial charge in [-0.05, 0) is 20.5 Å². The second-order valence-electron chi connectivity index (χ2n) is 5.09. The van der Waals surface area contributed by atoms with Crippen LogP contribution in [0, 0.1) is 0 Å². The SMILES string of the molecule is CN(C)CC1CC(O)CN1Cc1nncn1C. The Morgan fingerprint density at radius 1 is 1.53 bits per heavy atom. The summed E-state index contributed by atoms with van der Waals surface area (Å²) in [6.45, 7) is 2.45. The highest BCUT2D eigenvalue weighted by Crippen LogP contribution is 2.20. The maximum atomic E-state index is 9.78. The first kappa shape index (κ1) is 12.5. The molecule has 0 spiro atoms. The number of hydrogen-bond acceptors (Lipinski definition) is 5. The summed E-state index contributed by atoms with van der Waals surface area (Å²) in [5.74, 6) is 0.947. The monoisotopic (exact) mass is 239 g/mol. The zero-order valence-corrected chi connectivity index (χ0v) is 10.7. The van der Waals surface area contributed by atoms with E-state index in [0.717, 1.165) is 31.9 Å². The van der Waals surface area contributed by atoms with Gasteiger partial charge in [-0.25, -0.2) is 0 Å². The molecule has 0 bridgehead atoms. The van der Waals surface area contributed by atoms with Crippen molar-refractivity contribution in [2.45, 2.75) is 25.1 Å². The molecule has 17 heavy (non-hydrogen) atoms. The Bertz CT molecular complexity index is 364. The highest BCUT2D eigenvalue weighted by molar-refractivity contribution is 4.92. The lowest BCUT2D eigenvalue weighted by atomic mass is 10.2. The summed E-state index contributed by atoms with van der Waals surface area (Å²) < 4.78 is 1.93. The molecular weight excluding hydrogens is 218 g/mol. The number of likely N-dealkylation sites (tertiary alicyclic amines) is 1. The lowest BCUT2D eigenvalue weighted by molar-refractivity contribution is 0.166. The van der Waals surface area contributed by atoms with Gasteiger partial charge in [0.15, 0.2) is 0 Å². The zero-order valence-electron chi connectivity index (χ0n) is 10.7. The number of hydrogen-bond donors (Lipinski definition) is 1. The number of β-amino-alcohol motifs (C(OH)–C–C–N with tert-alkyl or cyclic N) is 1. The van der Waals surface area contributed by atoms with Gasteiger partial charge in [0.2, 0.25) is 0 Å². The van der Waals surface area contributed by atoms with Gasteiger partial charge in [-0.2, -0.15) is 0 Å². The minimum absolute atomic E-state index is 0.215. The maximum Gasteiger partial charge on any atom is 0.146 e. The van der Waals surface area contributed by atoms with Crippen LogP contribution in [-0.2, 0) is 13.6 Å². The molecule has 2 atom stereocenters. The third-order valence-corrected chi connectivity index (χ3v) is 3.23. The number of aliphatic hydroxyl groups is 1. The molecule has 6 nitrogen and oxygen atoms in total. The summed E-state index contributed by atoms with van der Waals surface area (Å²) in [5.41, 5.74) is 0. The summed E-state index contributed by atoms with van der Waals surface area (Å²) in [6, 6.07) is 0.400. The number of aryl methyl sites for hydroxylation is 1. The number of likely N-dealkylation sites (N-methyl/N-ethyl adjacent to an activating group) is 1. The Hall–Kier alpha value is -0.980. The number of nitrogens with zero attached hydrogens (tertiary/aromatic N) is 5. The van der Waals surface area contributed by atoms with Gasteiger partial charge >= 0.3 is 0 Å². The Labute approximate surface area is 102 Å². The number of rotatable bonds is 4. The smallest absolute Gasteiger partial charge is 0.146 e. The predicted molar refractivity (Wildman–Crippen MR) is 64.4 cm³/mol. The minimum atomic E-state index is -0.215. The number of aliphatic hydroxyl groups excluding tert-OH is 1. The van der Waals surface area contributed by atoms with E-state index in [0.29, 0.717) is 6.04 Å². The van der Waals surface area contributed by atoms with E-state index in [2.05, 4.69) is 34.1 Å². The fourth-order valence-corrected chi connectivity index (χ4v) is 2.39. The van der Waals surface area contributed by atoms with Crippen molar-refractivity contribution >= 4 is 0 Å². The van der Waals surface area contributed by atoms with Gasteiger partial charge in [-0.15, -0.1) is 10.2 Å². The van der Waals surface area contributed by atoms with Crippen LogP contribution in [0.25, 0.3) is 0 Å². The van der Waals surface area contributed by atoms with Crippen molar-refractivity contribution in [3.8, 4) is 0 Å². The molecule has 96 valence electrons. The highest BCUT2D eigenvalue weighted by Gasteiger charge is 2.31. The van der Waals surface area contributed by atoms with Crippen LogP contribution in [-0.4, -0.2) is 69.0 Å². The summed E-state index contributed by atoms with van der Waals surface area (Å²) in [5, 5.41) is 17.8. The van der Waals surface area contributed by atoms with E-state index in [9.17, 15) is 5.11 Å². The quantitative estimate of drug-likeness (QED) is 0.754. The average Bonchev–Trinajstić information content (AvgIpc) is 2.75. The molecule has 0 saturated carbocycles. The van der Waals surface area contributed by atoms with Crippen molar-refractivity contribution in [2.24, 2.45) is 7.05 Å². The third kappa shape index (κ3) is 3.02. The summed E-state index contributed by atoms with van der Waals surface area (Å²) in [4.78, 5) is 4.45. The molecule has 2 heterocycles. The van der Waals surface area contributed by atoms with Gasteiger partial charge in [0, 0.05) is 26.2 Å². The Kier molecular flexibility index (Phi) is 3.76. The van der Waals surface area contributed by atoms with Crippen molar-refractivity contribution in [1.82, 2.24) is 24.6 Å². The second kappa shape index (κ2) is 5.12. The first-order chi connectivity index (χ1) is 8.06. The first-order valence-corrected chi connectivity index (χ1v) is 5.96. The lowest BCUT2D eigenvalue weighted by Crippen LogP contribution is -2.37. The average molecular weight is 239 g/mol. The van der Waals surface area contributed by atoms with E-state index >= 15 is 0 Å². The molecule has 0 radical (unpaired) electrons. The molecule has 0 aliphatic carbocycles. The molecule has 1 saturated heterocycles. The minimum Gasteiger partial charge on any atom is -0.392 e. The van der Waals surface area contributed by atoms with Crippen LogP contribution >= 0.6 is 0 Å². The van der Waals surface area contributed by atoms with E-state index in [4.69, 9.17) is 0 Å². The van der Waals surface area contributed by atoms with Gasteiger partial charge < -0.3 is 14.6 Å². The zero-order chi connectivity index (χ0) is 12.4. The summed E-state index contributed by atoms with van der Waals surface area (Å²) in [7, 11) is 6.07. The summed E-state index contributed by atoms with van der Waals surface area (Å²) >= 11 is 0. The van der Waals surface area contributed by atoms with Crippen LogP contribution in [0.15, 0.2) is 6.33 Å². The van der Waals surface area contributed by atoms with Gasteiger partial charge in [0.1, 0.15) is 12.2 Å². The standard InChI is InChI=1S/C11H21N5O/c1-14(2)5-9-4-10(17)6-16(9)7-11-13-12-8-15(11)3/h8-10,17H,4-7H2,1-3H3. The van der Waals surface area contributed by atoms with Crippen LogP contribution < -0.4 is 0 Å². The molecule has 1 fully saturated rings. The fourth-order valence-electron chi connectivity index (χ4n) is 2.39. The molecule has 0 aromatic carbocycles. The normalized spacial score (nSPS) is 25.9. The largest absolute Gasteiger partial charge is 0.392 e. The fraction of sp³-hybridized carbons (Fsp3) is 0.818. The van der Waals surface area contributed by atoms with Gasteiger partial charge in [0.05, 0.1) is 12.6 Å². The van der Waals surface area contributed by atoms with E-state index in [1.807, 2.05) is 11.6 Å². The van der Waals surface area contributed by atoms with Crippen molar-refractivity contribution in [3.05, 3.63) is 12.2 Å². The molecule has 1 aromatic heterocycles. The third-order valence-electron chi connectivity index (χ3n) is 3.23. The van der Waals surface area contributed by atoms with Crippen LogP contribution in [0.4, 0.5) is 0 Å². The first-order valence-electron chi connectivity index (χ1n) is 5.96. The van der Waals surface area contributed by atoms with Crippen LogP contribution in [0.5, 0.6) is 0 Å². The maximum absolute atomic E-state index is 9.78. The Morgan fingerprint density at radius 2 is 2.29 bits per heavy atom. The summed E-state index contributed by atoms with van der Waals surface area (Å²) in [6.07, 6.45) is 2.34. The molecule has 2 rings (SSSR count). The molecule has 2 unspecified atom stereocenters. The van der Waals surface area contributed by atoms with Crippen molar-refractivity contribution in [2.75, 3.05) is 27.2 Å². The Balaban J connectivity index is 2.01. The van der Waals surface area contributed by atoms with Gasteiger partial charge in [0.25, 0.3) is 0 Å². The second-order valence-corrected chi connectivity index (χ2v) is 5.09. The van der Waals surface area contributed by atoms with Crippen LogP contribution in [0.2, 0.25) is 0 Å². The van der Waals surface area contributed by atoms with Crippen LogP contribution in [0.3, 0.4) is 0 Å². The molecular formula is C11H21N5O. The molecule has 1 aliphatic rings. The van der Waals surface area contributed by atoms with E-state index in [1.54, 1.807) is 6.33 Å². The van der Waals surface area contributed by atoms with Crippen LogP contribution in [0.1, 0.15) is 12.2 Å². The van der Waals surface area contributed by atoms with Gasteiger partial charge in [-0.1, -0.05) is 0 Å². The van der Waals surface area contributed by atoms with Crippen molar-refractivity contribution < 1.29 is 5.11 Å². The highest BCUT2D eigenvalue weighted by atomic mass is 16.3. The molecule has 1 N–H and O–H groups in total. The topological polar surface area (TPSA) is 57.4 Å². The van der Waals surface area contributed by atoms with E-state index in [-0.39, 0.29) is 6.10 Å². The molecule has 0 amide bonds. The molecule has 1 aliphatic heterocycles. The van der Waals surface area contributed by atoms with E-state index in [1.165, 1.54) is 0 Å². The Morgan fingerprint density at radius 3 is 2.88 bits per heavy atom. The lowest BCUT2D eigenvalue weighted by Gasteiger charge is -2.25. The van der Waals surface area contributed by atoms with Gasteiger partial charge in [-0.3, -0.25) is 4.90 Å². The molecule has 6 heteroatoms. The predicted octanol–water partition coefficient (Wildman–Crippen LogP) is -0.688. The number of aromatic nitrogens is 3. The van der Waals surface area contributed by atoms with Crippen molar-refractivity contribution in [1.29, 1.82) is 0 Å².